The zero-order valence-corrected chi connectivity index (χ0v) is 12.3. The van der Waals surface area contributed by atoms with Gasteiger partial charge in [-0.1, -0.05) is 28.1 Å². The molecule has 100 valence electrons. The summed E-state index contributed by atoms with van der Waals surface area (Å²) in [6.07, 6.45) is 6.47. The second-order valence-electron chi connectivity index (χ2n) is 4.96. The van der Waals surface area contributed by atoms with Crippen LogP contribution in [0.4, 0.5) is 0 Å². The fourth-order valence-corrected chi connectivity index (χ4v) is 2.27. The molecule has 1 aromatic heterocycles. The molecule has 1 aromatic carbocycles. The summed E-state index contributed by atoms with van der Waals surface area (Å²) in [7, 11) is 0. The Kier molecular flexibility index (Phi) is 3.99. The van der Waals surface area contributed by atoms with Gasteiger partial charge >= 0.3 is 0 Å². The Labute approximate surface area is 121 Å². The molecule has 0 amide bonds. The van der Waals surface area contributed by atoms with E-state index >= 15 is 0 Å². The number of aryl methyl sites for hydroxylation is 1. The van der Waals surface area contributed by atoms with E-state index in [0.717, 1.165) is 47.1 Å². The summed E-state index contributed by atoms with van der Waals surface area (Å²) in [5.74, 6) is 1.67. The summed E-state index contributed by atoms with van der Waals surface area (Å²) < 4.78 is 6.85. The molecule has 1 N–H and O–H groups in total. The molecule has 0 saturated heterocycles. The van der Waals surface area contributed by atoms with Crippen molar-refractivity contribution in [3.8, 4) is 11.3 Å². The van der Waals surface area contributed by atoms with Crippen LogP contribution in [0, 0.1) is 0 Å². The Balaban J connectivity index is 1.54. The average Bonchev–Trinajstić information content (AvgIpc) is 3.13. The van der Waals surface area contributed by atoms with E-state index in [0.29, 0.717) is 0 Å². The molecule has 1 aliphatic carbocycles. The van der Waals surface area contributed by atoms with Gasteiger partial charge in [0.1, 0.15) is 0 Å². The molecule has 0 unspecified atom stereocenters. The van der Waals surface area contributed by atoms with Crippen LogP contribution in [0.25, 0.3) is 11.3 Å². The van der Waals surface area contributed by atoms with Crippen molar-refractivity contribution >= 4 is 15.9 Å². The minimum atomic E-state index is 0.780. The third-order valence-electron chi connectivity index (χ3n) is 3.26. The van der Waals surface area contributed by atoms with Gasteiger partial charge in [0.15, 0.2) is 11.7 Å². The zero-order chi connectivity index (χ0) is 13.1. The SMILES string of the molecule is Brc1ccc(-c2cnc(CCCNC3CC3)o2)cc1. The number of nitrogens with zero attached hydrogens (tertiary/aromatic N) is 1. The molecule has 2 aromatic rings. The van der Waals surface area contributed by atoms with Crippen LogP contribution < -0.4 is 5.32 Å². The fourth-order valence-electron chi connectivity index (χ4n) is 2.01. The van der Waals surface area contributed by atoms with Gasteiger partial charge in [-0.2, -0.15) is 0 Å². The molecule has 0 bridgehead atoms. The maximum atomic E-state index is 5.78. The molecule has 1 heterocycles. The first kappa shape index (κ1) is 12.9. The minimum Gasteiger partial charge on any atom is -0.441 e. The molecule has 0 atom stereocenters. The molecule has 3 nitrogen and oxygen atoms in total. The first-order chi connectivity index (χ1) is 9.31. The normalized spacial score (nSPS) is 14.8. The van der Waals surface area contributed by atoms with Crippen LogP contribution in [0.3, 0.4) is 0 Å². The number of rotatable bonds is 6. The minimum absolute atomic E-state index is 0.780. The van der Waals surface area contributed by atoms with E-state index in [1.807, 2.05) is 30.5 Å². The smallest absolute Gasteiger partial charge is 0.194 e. The molecule has 0 radical (unpaired) electrons. The van der Waals surface area contributed by atoms with Crippen LogP contribution in [-0.4, -0.2) is 17.6 Å². The van der Waals surface area contributed by atoms with Crippen LogP contribution in [0.5, 0.6) is 0 Å². The number of hydrogen-bond acceptors (Lipinski definition) is 3. The lowest BCUT2D eigenvalue weighted by Crippen LogP contribution is -2.17. The first-order valence-corrected chi connectivity index (χ1v) is 7.54. The van der Waals surface area contributed by atoms with E-state index in [1.54, 1.807) is 0 Å². The van der Waals surface area contributed by atoms with E-state index in [1.165, 1.54) is 12.8 Å². The lowest BCUT2D eigenvalue weighted by atomic mass is 10.2. The summed E-state index contributed by atoms with van der Waals surface area (Å²) in [4.78, 5) is 4.34. The number of aromatic nitrogens is 1. The monoisotopic (exact) mass is 320 g/mol. The van der Waals surface area contributed by atoms with Gasteiger partial charge < -0.3 is 9.73 Å². The standard InChI is InChI=1S/C15H17BrN2O/c16-12-5-3-11(4-6-12)14-10-18-15(19-14)2-1-9-17-13-7-8-13/h3-6,10,13,17H,1-2,7-9H2. The van der Waals surface area contributed by atoms with Gasteiger partial charge in [0, 0.05) is 22.5 Å². The van der Waals surface area contributed by atoms with Gasteiger partial charge in [-0.05, 0) is 37.9 Å². The number of oxazole rings is 1. The number of benzene rings is 1. The lowest BCUT2D eigenvalue weighted by molar-refractivity contribution is 0.491. The van der Waals surface area contributed by atoms with Crippen molar-refractivity contribution in [2.24, 2.45) is 0 Å². The van der Waals surface area contributed by atoms with Crippen molar-refractivity contribution in [3.05, 3.63) is 40.8 Å². The number of nitrogens with one attached hydrogen (secondary N) is 1. The average molecular weight is 321 g/mol. The Morgan fingerprint density at radius 2 is 2.05 bits per heavy atom. The van der Waals surface area contributed by atoms with Gasteiger partial charge in [0.2, 0.25) is 0 Å². The Bertz CT molecular complexity index is 531. The van der Waals surface area contributed by atoms with Crippen molar-refractivity contribution in [2.75, 3.05) is 6.54 Å². The topological polar surface area (TPSA) is 38.1 Å². The van der Waals surface area contributed by atoms with Gasteiger partial charge in [0.05, 0.1) is 6.20 Å². The molecule has 19 heavy (non-hydrogen) atoms. The van der Waals surface area contributed by atoms with Crippen LogP contribution in [-0.2, 0) is 6.42 Å². The highest BCUT2D eigenvalue weighted by molar-refractivity contribution is 9.10. The van der Waals surface area contributed by atoms with Gasteiger partial charge in [-0.3, -0.25) is 0 Å². The Morgan fingerprint density at radius 3 is 2.79 bits per heavy atom. The highest BCUT2D eigenvalue weighted by atomic mass is 79.9. The molecule has 0 spiro atoms. The van der Waals surface area contributed by atoms with E-state index < -0.39 is 0 Å². The van der Waals surface area contributed by atoms with Crippen molar-refractivity contribution in [1.82, 2.24) is 10.3 Å². The predicted octanol–water partition coefficient (Wildman–Crippen LogP) is 3.79. The highest BCUT2D eigenvalue weighted by Gasteiger charge is 2.19. The molecule has 1 aliphatic rings. The Hall–Kier alpha value is -1.13. The van der Waals surface area contributed by atoms with E-state index in [-0.39, 0.29) is 0 Å². The van der Waals surface area contributed by atoms with Crippen molar-refractivity contribution < 1.29 is 4.42 Å². The van der Waals surface area contributed by atoms with Crippen LogP contribution in [0.2, 0.25) is 0 Å². The quantitative estimate of drug-likeness (QED) is 0.823. The van der Waals surface area contributed by atoms with E-state index in [2.05, 4.69) is 26.2 Å². The largest absolute Gasteiger partial charge is 0.441 e. The molecule has 1 fully saturated rings. The van der Waals surface area contributed by atoms with Gasteiger partial charge in [-0.15, -0.1) is 0 Å². The van der Waals surface area contributed by atoms with Gasteiger partial charge in [-0.25, -0.2) is 4.98 Å². The molecule has 3 rings (SSSR count). The summed E-state index contributed by atoms with van der Waals surface area (Å²) in [5, 5.41) is 3.50. The van der Waals surface area contributed by atoms with E-state index in [9.17, 15) is 0 Å². The first-order valence-electron chi connectivity index (χ1n) is 6.75. The van der Waals surface area contributed by atoms with Crippen molar-refractivity contribution in [1.29, 1.82) is 0 Å². The fraction of sp³-hybridized carbons (Fsp3) is 0.400. The maximum Gasteiger partial charge on any atom is 0.194 e. The second kappa shape index (κ2) is 5.88. The molecular weight excluding hydrogens is 304 g/mol. The van der Waals surface area contributed by atoms with Crippen LogP contribution in [0.15, 0.2) is 39.4 Å². The number of hydrogen-bond donors (Lipinski definition) is 1. The molecule has 4 heteroatoms. The molecule has 0 aliphatic heterocycles. The third kappa shape index (κ3) is 3.67. The summed E-state index contributed by atoms with van der Waals surface area (Å²) >= 11 is 3.43. The van der Waals surface area contributed by atoms with Crippen LogP contribution in [0.1, 0.15) is 25.2 Å². The summed E-state index contributed by atoms with van der Waals surface area (Å²) in [5.41, 5.74) is 1.07. The zero-order valence-electron chi connectivity index (χ0n) is 10.7. The van der Waals surface area contributed by atoms with E-state index in [4.69, 9.17) is 4.42 Å². The Morgan fingerprint density at radius 1 is 1.26 bits per heavy atom. The van der Waals surface area contributed by atoms with Crippen molar-refractivity contribution in [3.63, 3.8) is 0 Å². The molecule has 1 saturated carbocycles. The van der Waals surface area contributed by atoms with Gasteiger partial charge in [0.25, 0.3) is 0 Å². The predicted molar refractivity (Wildman–Crippen MR) is 79.0 cm³/mol. The molecular formula is C15H17BrN2O. The maximum absolute atomic E-state index is 5.78. The number of halogens is 1. The summed E-state index contributed by atoms with van der Waals surface area (Å²) in [6.45, 7) is 1.06. The summed E-state index contributed by atoms with van der Waals surface area (Å²) in [6, 6.07) is 8.86. The third-order valence-corrected chi connectivity index (χ3v) is 3.79. The van der Waals surface area contributed by atoms with Crippen LogP contribution >= 0.6 is 15.9 Å². The van der Waals surface area contributed by atoms with Crippen molar-refractivity contribution in [2.45, 2.75) is 31.7 Å². The second-order valence-corrected chi connectivity index (χ2v) is 5.87. The highest BCUT2D eigenvalue weighted by Crippen LogP contribution is 2.23. The lowest BCUT2D eigenvalue weighted by Gasteiger charge is -2.00.